The molecule has 122 valence electrons. The van der Waals surface area contributed by atoms with Crippen molar-refractivity contribution < 1.29 is 9.18 Å². The lowest BCUT2D eigenvalue weighted by Crippen LogP contribution is -2.34. The first kappa shape index (κ1) is 17.7. The van der Waals surface area contributed by atoms with Gasteiger partial charge in [0.25, 0.3) is 0 Å². The normalized spacial score (nSPS) is 10.8. The fourth-order valence-corrected chi connectivity index (χ4v) is 2.75. The standard InChI is InChI=1S/C17H17Cl2FN2O/c1-22(10-13-6-14(18)8-15(19)7-13)11-17(23)21-9-12-2-4-16(20)5-3-12/h2-8H,9-11H2,1H3,(H,21,23). The number of hydrogen-bond donors (Lipinski definition) is 1. The molecule has 0 radical (unpaired) electrons. The van der Waals surface area contributed by atoms with E-state index in [0.717, 1.165) is 11.1 Å². The lowest BCUT2D eigenvalue weighted by Gasteiger charge is -2.17. The molecule has 0 saturated carbocycles. The van der Waals surface area contributed by atoms with Crippen LogP contribution in [-0.2, 0) is 17.9 Å². The molecule has 0 aromatic heterocycles. The van der Waals surface area contributed by atoms with Gasteiger partial charge in [-0.3, -0.25) is 9.69 Å². The Morgan fingerprint density at radius 2 is 1.70 bits per heavy atom. The summed E-state index contributed by atoms with van der Waals surface area (Å²) in [7, 11) is 1.84. The maximum absolute atomic E-state index is 12.8. The molecular weight excluding hydrogens is 338 g/mol. The van der Waals surface area contributed by atoms with E-state index in [1.807, 2.05) is 24.1 Å². The molecule has 0 atom stereocenters. The third-order valence-corrected chi connectivity index (χ3v) is 3.63. The van der Waals surface area contributed by atoms with Gasteiger partial charge < -0.3 is 5.32 Å². The van der Waals surface area contributed by atoms with Crippen LogP contribution in [0.3, 0.4) is 0 Å². The minimum absolute atomic E-state index is 0.107. The van der Waals surface area contributed by atoms with Gasteiger partial charge in [0.05, 0.1) is 6.54 Å². The minimum Gasteiger partial charge on any atom is -0.351 e. The number of nitrogens with one attached hydrogen (secondary N) is 1. The number of halogens is 3. The topological polar surface area (TPSA) is 32.3 Å². The highest BCUT2D eigenvalue weighted by atomic mass is 35.5. The maximum atomic E-state index is 12.8. The van der Waals surface area contributed by atoms with Crippen LogP contribution in [-0.4, -0.2) is 24.4 Å². The van der Waals surface area contributed by atoms with Gasteiger partial charge in [-0.25, -0.2) is 4.39 Å². The van der Waals surface area contributed by atoms with Gasteiger partial charge in [-0.1, -0.05) is 35.3 Å². The number of hydrogen-bond acceptors (Lipinski definition) is 2. The number of likely N-dealkylation sites (N-methyl/N-ethyl adjacent to an activating group) is 1. The zero-order valence-electron chi connectivity index (χ0n) is 12.7. The van der Waals surface area contributed by atoms with E-state index in [4.69, 9.17) is 23.2 Å². The summed E-state index contributed by atoms with van der Waals surface area (Å²) in [5.41, 5.74) is 1.79. The van der Waals surface area contributed by atoms with E-state index in [-0.39, 0.29) is 18.3 Å². The average Bonchev–Trinajstić information content (AvgIpc) is 2.45. The Kier molecular flexibility index (Phi) is 6.39. The molecule has 2 rings (SSSR count). The molecule has 1 amide bonds. The van der Waals surface area contributed by atoms with Crippen molar-refractivity contribution in [2.75, 3.05) is 13.6 Å². The summed E-state index contributed by atoms with van der Waals surface area (Å²) < 4.78 is 12.8. The monoisotopic (exact) mass is 354 g/mol. The summed E-state index contributed by atoms with van der Waals surface area (Å²) in [6.45, 7) is 1.17. The maximum Gasteiger partial charge on any atom is 0.234 e. The van der Waals surface area contributed by atoms with Gasteiger partial charge in [-0.2, -0.15) is 0 Å². The van der Waals surface area contributed by atoms with E-state index in [0.29, 0.717) is 23.1 Å². The van der Waals surface area contributed by atoms with Crippen LogP contribution >= 0.6 is 23.2 Å². The highest BCUT2D eigenvalue weighted by Crippen LogP contribution is 2.19. The van der Waals surface area contributed by atoms with E-state index < -0.39 is 0 Å². The average molecular weight is 355 g/mol. The van der Waals surface area contributed by atoms with Crippen molar-refractivity contribution in [3.8, 4) is 0 Å². The summed E-state index contributed by atoms with van der Waals surface area (Å²) in [5, 5.41) is 3.94. The molecule has 2 aromatic rings. The van der Waals surface area contributed by atoms with E-state index >= 15 is 0 Å². The molecule has 1 N–H and O–H groups in total. The van der Waals surface area contributed by atoms with E-state index in [2.05, 4.69) is 5.32 Å². The lowest BCUT2D eigenvalue weighted by molar-refractivity contribution is -0.122. The van der Waals surface area contributed by atoms with E-state index in [1.165, 1.54) is 12.1 Å². The first-order valence-electron chi connectivity index (χ1n) is 7.07. The number of rotatable bonds is 6. The van der Waals surface area contributed by atoms with Gasteiger partial charge in [0.15, 0.2) is 0 Å². The van der Waals surface area contributed by atoms with Gasteiger partial charge >= 0.3 is 0 Å². The molecule has 0 aliphatic carbocycles. The van der Waals surface area contributed by atoms with Crippen LogP contribution in [0, 0.1) is 5.82 Å². The van der Waals surface area contributed by atoms with Crippen LogP contribution in [0.15, 0.2) is 42.5 Å². The van der Waals surface area contributed by atoms with Crippen molar-refractivity contribution in [2.45, 2.75) is 13.1 Å². The number of carbonyl (C=O) groups excluding carboxylic acids is 1. The third-order valence-electron chi connectivity index (χ3n) is 3.19. The van der Waals surface area contributed by atoms with Gasteiger partial charge in [0, 0.05) is 23.1 Å². The summed E-state index contributed by atoms with van der Waals surface area (Å²) >= 11 is 11.9. The fraction of sp³-hybridized carbons (Fsp3) is 0.235. The Bertz CT molecular complexity index is 657. The van der Waals surface area contributed by atoms with E-state index in [1.54, 1.807) is 18.2 Å². The van der Waals surface area contributed by atoms with Crippen molar-refractivity contribution in [1.82, 2.24) is 10.2 Å². The molecule has 6 heteroatoms. The van der Waals surface area contributed by atoms with Crippen molar-refractivity contribution in [2.24, 2.45) is 0 Å². The molecule has 0 fully saturated rings. The molecule has 0 bridgehead atoms. The molecule has 0 spiro atoms. The van der Waals surface area contributed by atoms with Crippen molar-refractivity contribution >= 4 is 29.1 Å². The Balaban J connectivity index is 1.81. The fourth-order valence-electron chi connectivity index (χ4n) is 2.17. The molecule has 2 aromatic carbocycles. The van der Waals surface area contributed by atoms with Crippen molar-refractivity contribution in [3.63, 3.8) is 0 Å². The van der Waals surface area contributed by atoms with Gasteiger partial charge in [-0.05, 0) is 48.5 Å². The largest absolute Gasteiger partial charge is 0.351 e. The van der Waals surface area contributed by atoms with Gasteiger partial charge in [0.2, 0.25) is 5.91 Å². The Morgan fingerprint density at radius 3 is 2.30 bits per heavy atom. The number of carbonyl (C=O) groups is 1. The molecule has 0 aliphatic heterocycles. The predicted molar refractivity (Wildman–Crippen MR) is 91.0 cm³/mol. The van der Waals surface area contributed by atoms with Crippen LogP contribution in [0.5, 0.6) is 0 Å². The summed E-state index contributed by atoms with van der Waals surface area (Å²) in [4.78, 5) is 13.8. The Morgan fingerprint density at radius 1 is 1.09 bits per heavy atom. The summed E-state index contributed by atoms with van der Waals surface area (Å²) in [6.07, 6.45) is 0. The highest BCUT2D eigenvalue weighted by Gasteiger charge is 2.08. The minimum atomic E-state index is -0.292. The van der Waals surface area contributed by atoms with Crippen molar-refractivity contribution in [3.05, 3.63) is 69.5 Å². The number of nitrogens with zero attached hydrogens (tertiary/aromatic N) is 1. The van der Waals surface area contributed by atoms with Crippen LogP contribution in [0.25, 0.3) is 0 Å². The molecule has 23 heavy (non-hydrogen) atoms. The molecule has 0 heterocycles. The summed E-state index contributed by atoms with van der Waals surface area (Å²) in [5.74, 6) is -0.398. The second-order valence-electron chi connectivity index (χ2n) is 5.35. The molecule has 0 unspecified atom stereocenters. The first-order chi connectivity index (χ1) is 10.9. The number of benzene rings is 2. The summed E-state index contributed by atoms with van der Waals surface area (Å²) in [6, 6.07) is 11.3. The smallest absolute Gasteiger partial charge is 0.234 e. The SMILES string of the molecule is CN(CC(=O)NCc1ccc(F)cc1)Cc1cc(Cl)cc(Cl)c1. The molecule has 0 saturated heterocycles. The van der Waals surface area contributed by atoms with E-state index in [9.17, 15) is 9.18 Å². The highest BCUT2D eigenvalue weighted by molar-refractivity contribution is 6.34. The second-order valence-corrected chi connectivity index (χ2v) is 6.23. The zero-order valence-corrected chi connectivity index (χ0v) is 14.2. The molecule has 3 nitrogen and oxygen atoms in total. The lowest BCUT2D eigenvalue weighted by atomic mass is 10.2. The van der Waals surface area contributed by atoms with Crippen molar-refractivity contribution in [1.29, 1.82) is 0 Å². The molecule has 0 aliphatic rings. The predicted octanol–water partition coefficient (Wildman–Crippen LogP) is 3.88. The third kappa shape index (κ3) is 6.18. The van der Waals surface area contributed by atoms with Crippen LogP contribution < -0.4 is 5.32 Å². The van der Waals surface area contributed by atoms with Crippen LogP contribution in [0.2, 0.25) is 10.0 Å². The first-order valence-corrected chi connectivity index (χ1v) is 7.82. The van der Waals surface area contributed by atoms with Crippen LogP contribution in [0.1, 0.15) is 11.1 Å². The zero-order chi connectivity index (χ0) is 16.8. The number of amides is 1. The van der Waals surface area contributed by atoms with Gasteiger partial charge in [0.1, 0.15) is 5.82 Å². The second kappa shape index (κ2) is 8.29. The molecular formula is C17H17Cl2FN2O. The van der Waals surface area contributed by atoms with Crippen LogP contribution in [0.4, 0.5) is 4.39 Å². The Labute approximate surface area is 145 Å². The quantitative estimate of drug-likeness (QED) is 0.853. The van der Waals surface area contributed by atoms with Gasteiger partial charge in [-0.15, -0.1) is 0 Å². The Hall–Kier alpha value is -1.62.